The van der Waals surface area contributed by atoms with Crippen LogP contribution in [0.1, 0.15) is 30.9 Å². The highest BCUT2D eigenvalue weighted by Gasteiger charge is 2.20. The molecule has 2 aromatic carbocycles. The molecule has 0 saturated carbocycles. The van der Waals surface area contributed by atoms with Gasteiger partial charge in [0.05, 0.1) is 20.5 Å². The van der Waals surface area contributed by atoms with Crippen molar-refractivity contribution in [3.05, 3.63) is 57.6 Å². The first-order valence-corrected chi connectivity index (χ1v) is 11.3. The van der Waals surface area contributed by atoms with Gasteiger partial charge in [-0.25, -0.2) is 8.42 Å². The highest BCUT2D eigenvalue weighted by atomic mass is 32.2. The highest BCUT2D eigenvalue weighted by molar-refractivity contribution is 8.00. The molecule has 28 heavy (non-hydrogen) atoms. The van der Waals surface area contributed by atoms with Gasteiger partial charge in [-0.3, -0.25) is 14.9 Å². The molecule has 0 aliphatic carbocycles. The maximum absolute atomic E-state index is 12.3. The third-order valence-corrected chi connectivity index (χ3v) is 6.06. The first-order valence-electron chi connectivity index (χ1n) is 8.41. The van der Waals surface area contributed by atoms with E-state index < -0.39 is 20.7 Å². The van der Waals surface area contributed by atoms with E-state index in [-0.39, 0.29) is 27.1 Å². The molecule has 0 fully saturated rings. The van der Waals surface area contributed by atoms with Crippen molar-refractivity contribution in [2.75, 3.05) is 12.0 Å². The number of thioether (sulfide) groups is 1. The molecule has 0 saturated heterocycles. The summed E-state index contributed by atoms with van der Waals surface area (Å²) in [5, 5.41) is 11.3. The summed E-state index contributed by atoms with van der Waals surface area (Å²) < 4.78 is 28.7. The van der Waals surface area contributed by atoms with Crippen LogP contribution in [-0.2, 0) is 14.6 Å². The monoisotopic (exact) mass is 423 g/mol. The fourth-order valence-corrected chi connectivity index (χ4v) is 3.91. The molecule has 0 radical (unpaired) electrons. The third-order valence-electron chi connectivity index (χ3n) is 3.92. The van der Waals surface area contributed by atoms with Gasteiger partial charge < -0.3 is 4.74 Å². The van der Waals surface area contributed by atoms with E-state index in [2.05, 4.69) is 0 Å². The van der Waals surface area contributed by atoms with Gasteiger partial charge in [0, 0.05) is 12.3 Å². The van der Waals surface area contributed by atoms with Crippen molar-refractivity contribution in [3.63, 3.8) is 0 Å². The molecule has 0 unspecified atom stereocenters. The second-order valence-electron chi connectivity index (χ2n) is 6.62. The lowest BCUT2D eigenvalue weighted by atomic mass is 10.0. The van der Waals surface area contributed by atoms with Crippen LogP contribution in [0.25, 0.3) is 0 Å². The van der Waals surface area contributed by atoms with Gasteiger partial charge in [-0.1, -0.05) is 26.0 Å². The number of carbonyl (C=O) groups is 1. The van der Waals surface area contributed by atoms with Crippen LogP contribution >= 0.6 is 11.8 Å². The van der Waals surface area contributed by atoms with E-state index in [9.17, 15) is 23.3 Å². The van der Waals surface area contributed by atoms with Crippen LogP contribution in [0.4, 0.5) is 5.69 Å². The summed E-state index contributed by atoms with van der Waals surface area (Å²) in [7, 11) is -3.57. The average Bonchev–Trinajstić information content (AvgIpc) is 2.58. The lowest BCUT2D eigenvalue weighted by Crippen LogP contribution is -2.12. The maximum Gasteiger partial charge on any atom is 0.321 e. The van der Waals surface area contributed by atoms with E-state index in [0.717, 1.165) is 35.2 Å². The minimum absolute atomic E-state index is 0.146. The van der Waals surface area contributed by atoms with Gasteiger partial charge in [-0.05, 0) is 42.2 Å². The molecule has 0 N–H and O–H groups in total. The Labute approximate surface area is 168 Å². The molecular formula is C19H21NO6S2. The summed E-state index contributed by atoms with van der Waals surface area (Å²) in [5.74, 6) is -0.0490. The number of aryl methyl sites for hydroxylation is 1. The lowest BCUT2D eigenvalue weighted by Gasteiger charge is -2.13. The quantitative estimate of drug-likeness (QED) is 0.217. The van der Waals surface area contributed by atoms with Gasteiger partial charge in [0.2, 0.25) is 0 Å². The summed E-state index contributed by atoms with van der Waals surface area (Å²) in [5.41, 5.74) is 1.48. The van der Waals surface area contributed by atoms with Gasteiger partial charge in [-0.15, -0.1) is 11.8 Å². The predicted molar refractivity (Wildman–Crippen MR) is 108 cm³/mol. The van der Waals surface area contributed by atoms with Crippen molar-refractivity contribution in [1.82, 2.24) is 0 Å². The average molecular weight is 424 g/mol. The molecule has 0 spiro atoms. The molecule has 7 nitrogen and oxygen atoms in total. The Balaban J connectivity index is 2.17. The van der Waals surface area contributed by atoms with Crippen molar-refractivity contribution in [2.45, 2.75) is 36.5 Å². The second-order valence-corrected chi connectivity index (χ2v) is 9.65. The Morgan fingerprint density at radius 2 is 1.89 bits per heavy atom. The highest BCUT2D eigenvalue weighted by Crippen LogP contribution is 2.32. The van der Waals surface area contributed by atoms with Gasteiger partial charge in [-0.2, -0.15) is 0 Å². The Kier molecular flexibility index (Phi) is 6.84. The number of nitro groups is 1. The fraction of sp³-hybridized carbons (Fsp3) is 0.316. The van der Waals surface area contributed by atoms with Crippen LogP contribution in [0, 0.1) is 17.0 Å². The zero-order chi connectivity index (χ0) is 21.1. The zero-order valence-electron chi connectivity index (χ0n) is 16.0. The minimum atomic E-state index is -3.57. The predicted octanol–water partition coefficient (Wildman–Crippen LogP) is 4.13. The van der Waals surface area contributed by atoms with Crippen molar-refractivity contribution < 1.29 is 22.9 Å². The Morgan fingerprint density at radius 3 is 2.46 bits per heavy atom. The molecule has 0 aliphatic rings. The Bertz CT molecular complexity index is 1020. The summed E-state index contributed by atoms with van der Waals surface area (Å²) in [6, 6.07) is 9.24. The zero-order valence-corrected chi connectivity index (χ0v) is 17.6. The topological polar surface area (TPSA) is 104 Å². The summed E-state index contributed by atoms with van der Waals surface area (Å²) >= 11 is 0.929. The molecule has 0 aliphatic heterocycles. The maximum atomic E-state index is 12.3. The van der Waals surface area contributed by atoms with Crippen LogP contribution in [0.15, 0.2) is 46.2 Å². The van der Waals surface area contributed by atoms with Crippen LogP contribution in [0.3, 0.4) is 0 Å². The standard InChI is InChI=1S/C19H21NO6S2/c1-12(2)15-7-5-13(3)9-17(15)26-19(21)11-27-18-8-6-14(28(4,24)25)10-16(18)20(22)23/h5-10,12H,11H2,1-4H3. The van der Waals surface area contributed by atoms with E-state index in [1.807, 2.05) is 32.9 Å². The van der Waals surface area contributed by atoms with E-state index in [1.165, 1.54) is 12.1 Å². The van der Waals surface area contributed by atoms with Crippen LogP contribution in [0.5, 0.6) is 5.75 Å². The molecule has 0 aromatic heterocycles. The smallest absolute Gasteiger partial charge is 0.321 e. The minimum Gasteiger partial charge on any atom is -0.426 e. The number of ether oxygens (including phenoxy) is 1. The van der Waals surface area contributed by atoms with Crippen LogP contribution in [0.2, 0.25) is 0 Å². The normalized spacial score (nSPS) is 11.5. The van der Waals surface area contributed by atoms with Crippen molar-refractivity contribution >= 4 is 33.3 Å². The Morgan fingerprint density at radius 1 is 1.21 bits per heavy atom. The summed E-state index contributed by atoms with van der Waals surface area (Å²) in [6.07, 6.45) is 0.977. The number of nitrogens with zero attached hydrogens (tertiary/aromatic N) is 1. The number of carbonyl (C=O) groups excluding carboxylic acids is 1. The van der Waals surface area contributed by atoms with E-state index in [0.29, 0.717) is 5.75 Å². The molecule has 150 valence electrons. The molecule has 0 heterocycles. The number of hydrogen-bond acceptors (Lipinski definition) is 7. The lowest BCUT2D eigenvalue weighted by molar-refractivity contribution is -0.388. The van der Waals surface area contributed by atoms with E-state index >= 15 is 0 Å². The molecule has 0 bridgehead atoms. The van der Waals surface area contributed by atoms with Gasteiger partial charge in [0.25, 0.3) is 5.69 Å². The first-order chi connectivity index (χ1) is 13.0. The largest absolute Gasteiger partial charge is 0.426 e. The molecular weight excluding hydrogens is 402 g/mol. The number of benzene rings is 2. The molecule has 0 amide bonds. The summed E-state index contributed by atoms with van der Waals surface area (Å²) in [4.78, 5) is 22.9. The number of rotatable bonds is 7. The van der Waals surface area contributed by atoms with Crippen LogP contribution in [-0.4, -0.2) is 31.3 Å². The van der Waals surface area contributed by atoms with Crippen molar-refractivity contribution in [2.24, 2.45) is 0 Å². The number of sulfone groups is 1. The van der Waals surface area contributed by atoms with Gasteiger partial charge >= 0.3 is 5.97 Å². The molecule has 9 heteroatoms. The SMILES string of the molecule is Cc1ccc(C(C)C)c(OC(=O)CSc2ccc(S(C)(=O)=O)cc2[N+](=O)[O-])c1. The van der Waals surface area contributed by atoms with E-state index in [4.69, 9.17) is 4.74 Å². The fourth-order valence-electron chi connectivity index (χ4n) is 2.49. The van der Waals surface area contributed by atoms with Gasteiger partial charge in [0.1, 0.15) is 5.75 Å². The third kappa shape index (κ3) is 5.56. The first kappa shape index (κ1) is 21.9. The second kappa shape index (κ2) is 8.74. The number of esters is 1. The van der Waals surface area contributed by atoms with Crippen molar-refractivity contribution in [1.29, 1.82) is 0 Å². The Hall–Kier alpha value is -2.39. The number of hydrogen-bond donors (Lipinski definition) is 0. The summed E-state index contributed by atoms with van der Waals surface area (Å²) in [6.45, 7) is 5.87. The van der Waals surface area contributed by atoms with Crippen molar-refractivity contribution in [3.8, 4) is 5.75 Å². The van der Waals surface area contributed by atoms with Crippen LogP contribution < -0.4 is 4.74 Å². The molecule has 0 atom stereocenters. The van der Waals surface area contributed by atoms with E-state index in [1.54, 1.807) is 6.07 Å². The number of nitro benzene ring substituents is 1. The van der Waals surface area contributed by atoms with Gasteiger partial charge in [0.15, 0.2) is 9.84 Å². The molecule has 2 aromatic rings. The molecule has 2 rings (SSSR count).